The van der Waals surface area contributed by atoms with Crippen LogP contribution in [0.3, 0.4) is 0 Å². The molecule has 0 aromatic heterocycles. The van der Waals surface area contributed by atoms with Crippen molar-refractivity contribution in [1.82, 2.24) is 0 Å². The number of hydrogen-bond acceptors (Lipinski definition) is 6. The first kappa shape index (κ1) is 29.7. The minimum Gasteiger partial charge on any atom is -0.481 e. The maximum Gasteiger partial charge on any atom is 0.316 e. The quantitative estimate of drug-likeness (QED) is 0.157. The number of rotatable bonds is 14. The first-order valence-corrected chi connectivity index (χ1v) is 12.4. The normalized spacial score (nSPS) is 25.4. The molecule has 1 aliphatic carbocycles. The summed E-state index contributed by atoms with van der Waals surface area (Å²) < 4.78 is 10.9. The van der Waals surface area contributed by atoms with Crippen LogP contribution in [0.15, 0.2) is 43.2 Å². The van der Waals surface area contributed by atoms with Crippen molar-refractivity contribution in [3.8, 4) is 0 Å². The Morgan fingerprint density at radius 2 is 1.12 bits per heavy atom. The fourth-order valence-electron chi connectivity index (χ4n) is 3.60. The highest BCUT2D eigenvalue weighted by Crippen LogP contribution is 2.65. The second-order valence-electron chi connectivity index (χ2n) is 7.05. The van der Waals surface area contributed by atoms with E-state index in [1.54, 1.807) is 0 Å². The van der Waals surface area contributed by atoms with E-state index in [-0.39, 0.29) is 44.4 Å². The Balaban J connectivity index is 3.69. The third-order valence-corrected chi connectivity index (χ3v) is 10.3. The third-order valence-electron chi connectivity index (χ3n) is 4.96. The van der Waals surface area contributed by atoms with Gasteiger partial charge in [-0.05, 0) is 44.7 Å². The molecular weight excluding hydrogens is 688 g/mol. The summed E-state index contributed by atoms with van der Waals surface area (Å²) in [6.07, 6.45) is -0.823. The number of hydrogen-bond donors (Lipinski definition) is 4. The molecular formula is C20H24Br4O8. The molecule has 0 heterocycles. The highest BCUT2D eigenvalue weighted by atomic mass is 79.9. The molecule has 0 amide bonds. The van der Waals surface area contributed by atoms with Gasteiger partial charge in [0.25, 0.3) is 0 Å². The molecule has 0 spiro atoms. The van der Waals surface area contributed by atoms with Crippen LogP contribution in [0.5, 0.6) is 0 Å². The Morgan fingerprint density at radius 1 is 0.812 bits per heavy atom. The number of aliphatic hydroxyl groups is 2. The molecule has 0 aliphatic heterocycles. The summed E-state index contributed by atoms with van der Waals surface area (Å²) in [5, 5.41) is 42.0. The van der Waals surface area contributed by atoms with Crippen LogP contribution in [0, 0.1) is 10.8 Å². The number of carboxylic acids is 2. The average molecular weight is 712 g/mol. The number of carboxylic acid groups (broad SMARTS) is 2. The van der Waals surface area contributed by atoms with Gasteiger partial charge in [0.15, 0.2) is 0 Å². The molecule has 4 N–H and O–H groups in total. The van der Waals surface area contributed by atoms with Gasteiger partial charge in [0.1, 0.15) is 10.8 Å². The summed E-state index contributed by atoms with van der Waals surface area (Å²) in [4.78, 5) is 25.6. The predicted molar refractivity (Wildman–Crippen MR) is 133 cm³/mol. The predicted octanol–water partition coefficient (Wildman–Crippen LogP) is 4.05. The smallest absolute Gasteiger partial charge is 0.316 e. The molecule has 180 valence electrons. The summed E-state index contributed by atoms with van der Waals surface area (Å²) in [7, 11) is 0. The Hall–Kier alpha value is -0.340. The summed E-state index contributed by atoms with van der Waals surface area (Å²) in [6, 6.07) is 0. The molecule has 1 aliphatic rings. The monoisotopic (exact) mass is 708 g/mol. The van der Waals surface area contributed by atoms with Crippen molar-refractivity contribution in [2.24, 2.45) is 10.8 Å². The van der Waals surface area contributed by atoms with Crippen LogP contribution in [0.1, 0.15) is 12.8 Å². The molecule has 0 radical (unpaired) electrons. The van der Waals surface area contributed by atoms with Gasteiger partial charge in [0.2, 0.25) is 0 Å². The van der Waals surface area contributed by atoms with Crippen molar-refractivity contribution in [3.05, 3.63) is 43.2 Å². The lowest BCUT2D eigenvalue weighted by Gasteiger charge is -2.49. The van der Waals surface area contributed by atoms with E-state index in [0.717, 1.165) is 0 Å². The van der Waals surface area contributed by atoms with Gasteiger partial charge in [-0.15, -0.1) is 13.2 Å². The van der Waals surface area contributed by atoms with Gasteiger partial charge < -0.3 is 29.9 Å². The Kier molecular flexibility index (Phi) is 12.0. The summed E-state index contributed by atoms with van der Waals surface area (Å²) in [5.41, 5.74) is -4.44. The van der Waals surface area contributed by atoms with Crippen molar-refractivity contribution < 1.29 is 39.5 Å². The van der Waals surface area contributed by atoms with Gasteiger partial charge in [-0.25, -0.2) is 0 Å². The van der Waals surface area contributed by atoms with Gasteiger partial charge in [0, 0.05) is 17.9 Å². The molecule has 0 bridgehead atoms. The van der Waals surface area contributed by atoms with Crippen molar-refractivity contribution in [2.75, 3.05) is 26.4 Å². The lowest BCUT2D eigenvalue weighted by atomic mass is 9.56. The van der Waals surface area contributed by atoms with E-state index >= 15 is 0 Å². The minimum atomic E-state index is -2.22. The van der Waals surface area contributed by atoms with Crippen LogP contribution >= 0.6 is 63.7 Å². The lowest BCUT2D eigenvalue weighted by molar-refractivity contribution is -0.172. The van der Waals surface area contributed by atoms with Crippen LogP contribution in [0.2, 0.25) is 0 Å². The van der Waals surface area contributed by atoms with Gasteiger partial charge in [0.05, 0.1) is 38.6 Å². The molecule has 8 nitrogen and oxygen atoms in total. The van der Waals surface area contributed by atoms with Crippen molar-refractivity contribution in [2.45, 2.75) is 25.0 Å². The van der Waals surface area contributed by atoms with Crippen LogP contribution < -0.4 is 0 Å². The Bertz CT molecular complexity index is 745. The van der Waals surface area contributed by atoms with Crippen molar-refractivity contribution in [1.29, 1.82) is 0 Å². The van der Waals surface area contributed by atoms with Crippen molar-refractivity contribution in [3.63, 3.8) is 0 Å². The second kappa shape index (κ2) is 12.9. The molecule has 4 atom stereocenters. The zero-order valence-electron chi connectivity index (χ0n) is 16.9. The molecule has 4 unspecified atom stereocenters. The van der Waals surface area contributed by atoms with E-state index in [1.807, 2.05) is 0 Å². The topological polar surface area (TPSA) is 134 Å². The maximum absolute atomic E-state index is 12.8. The number of carbonyl (C=O) groups is 2. The fraction of sp³-hybridized carbons (Fsp3) is 0.500. The van der Waals surface area contributed by atoms with Crippen LogP contribution in [-0.4, -0.2) is 71.0 Å². The molecule has 12 heteroatoms. The SMILES string of the molecule is C=CCOCC(O)CC1(C(=O)O)C(Br)=C(Br)C(Br)=C(Br)C1(CC(O)COCC=C)C(=O)O. The zero-order chi connectivity index (χ0) is 24.7. The van der Waals surface area contributed by atoms with E-state index in [0.29, 0.717) is 0 Å². The Labute approximate surface area is 219 Å². The standard InChI is InChI=1S/C20H24Br4O8/c1-3-5-31-9-11(25)7-19(17(27)28)15(23)13(21)14(22)16(24)20(19,18(29)30)8-12(26)10-32-6-4-2/h3-4,11-12,25-26H,1-2,5-10H2,(H,27,28)(H,29,30). The molecule has 0 fully saturated rings. The molecule has 0 aromatic carbocycles. The Morgan fingerprint density at radius 3 is 1.38 bits per heavy atom. The number of aliphatic hydroxyl groups excluding tert-OH is 2. The molecule has 32 heavy (non-hydrogen) atoms. The number of aliphatic carboxylic acids is 2. The number of halogens is 4. The van der Waals surface area contributed by atoms with E-state index in [1.165, 1.54) is 12.2 Å². The largest absolute Gasteiger partial charge is 0.481 e. The van der Waals surface area contributed by atoms with E-state index < -0.39 is 47.8 Å². The van der Waals surface area contributed by atoms with Crippen molar-refractivity contribution >= 4 is 75.7 Å². The van der Waals surface area contributed by atoms with Crippen LogP contribution in [-0.2, 0) is 19.1 Å². The minimum absolute atomic E-state index is 0.0167. The lowest BCUT2D eigenvalue weighted by Crippen LogP contribution is -2.58. The third kappa shape index (κ3) is 5.83. The highest BCUT2D eigenvalue weighted by molar-refractivity contribution is 9.17. The van der Waals surface area contributed by atoms with E-state index in [9.17, 15) is 30.0 Å². The van der Waals surface area contributed by atoms with Gasteiger partial charge in [-0.3, -0.25) is 9.59 Å². The van der Waals surface area contributed by atoms with Gasteiger partial charge >= 0.3 is 11.9 Å². The summed E-state index contributed by atoms with van der Waals surface area (Å²) in [5.74, 6) is -3.02. The summed E-state index contributed by atoms with van der Waals surface area (Å²) in [6.45, 7) is 6.75. The first-order valence-electron chi connectivity index (χ1n) is 9.26. The van der Waals surface area contributed by atoms with E-state index in [4.69, 9.17) is 9.47 Å². The van der Waals surface area contributed by atoms with Crippen LogP contribution in [0.25, 0.3) is 0 Å². The molecule has 1 rings (SSSR count). The van der Waals surface area contributed by atoms with Gasteiger partial charge in [-0.1, -0.05) is 44.0 Å². The fourth-order valence-corrected chi connectivity index (χ4v) is 6.94. The van der Waals surface area contributed by atoms with Crippen LogP contribution in [0.4, 0.5) is 0 Å². The first-order chi connectivity index (χ1) is 14.9. The summed E-state index contributed by atoms with van der Waals surface area (Å²) >= 11 is 13.1. The molecule has 0 aromatic rings. The average Bonchev–Trinajstić information content (AvgIpc) is 2.73. The molecule has 0 saturated heterocycles. The van der Waals surface area contributed by atoms with E-state index in [2.05, 4.69) is 76.9 Å². The zero-order valence-corrected chi connectivity index (χ0v) is 23.2. The second-order valence-corrected chi connectivity index (χ2v) is 10.2. The highest BCUT2D eigenvalue weighted by Gasteiger charge is 2.68. The molecule has 0 saturated carbocycles. The number of ether oxygens (including phenoxy) is 2. The number of allylic oxidation sites excluding steroid dienone is 2. The van der Waals surface area contributed by atoms with Gasteiger partial charge in [-0.2, -0.15) is 0 Å². The maximum atomic E-state index is 12.8.